The molecule has 0 aliphatic carbocycles. The molecule has 2 aromatic carbocycles. The van der Waals surface area contributed by atoms with Gasteiger partial charge in [-0.25, -0.2) is 13.6 Å². The minimum atomic E-state index is -0.778. The first-order chi connectivity index (χ1) is 11.4. The average Bonchev–Trinajstić information content (AvgIpc) is 2.88. The normalized spacial score (nSPS) is 16.9. The molecule has 0 unspecified atom stereocenters. The largest absolute Gasteiger partial charge is 0.439 e. The van der Waals surface area contributed by atoms with Gasteiger partial charge in [0.2, 0.25) is 5.91 Å². The molecular formula is C17H14F2N2O3. The molecule has 1 fully saturated rings. The van der Waals surface area contributed by atoms with Crippen molar-refractivity contribution in [2.24, 2.45) is 0 Å². The number of cyclic esters (lactones) is 1. The molecule has 0 spiro atoms. The lowest BCUT2D eigenvalue weighted by Gasteiger charge is -2.15. The maximum Gasteiger partial charge on any atom is 0.415 e. The predicted octanol–water partition coefficient (Wildman–Crippen LogP) is 3.62. The van der Waals surface area contributed by atoms with Crippen LogP contribution >= 0.6 is 0 Å². The Morgan fingerprint density at radius 3 is 2.54 bits per heavy atom. The second-order valence-corrected chi connectivity index (χ2v) is 5.38. The number of carbonyl (C=O) groups excluding carboxylic acids is 2. The minimum Gasteiger partial charge on any atom is -0.439 e. The van der Waals surface area contributed by atoms with Crippen LogP contribution in [0.3, 0.4) is 0 Å². The van der Waals surface area contributed by atoms with Crippen LogP contribution in [0.15, 0.2) is 42.5 Å². The lowest BCUT2D eigenvalue weighted by Crippen LogP contribution is -2.23. The van der Waals surface area contributed by atoms with Crippen molar-refractivity contribution in [2.45, 2.75) is 13.0 Å². The van der Waals surface area contributed by atoms with Crippen molar-refractivity contribution < 1.29 is 23.1 Å². The van der Waals surface area contributed by atoms with E-state index in [1.807, 2.05) is 0 Å². The van der Waals surface area contributed by atoms with Crippen molar-refractivity contribution in [3.05, 3.63) is 59.7 Å². The zero-order valence-electron chi connectivity index (χ0n) is 12.8. The molecule has 1 saturated heterocycles. The highest BCUT2D eigenvalue weighted by molar-refractivity contribution is 5.92. The van der Waals surface area contributed by atoms with Crippen LogP contribution in [0.25, 0.3) is 0 Å². The van der Waals surface area contributed by atoms with Crippen molar-refractivity contribution in [1.82, 2.24) is 0 Å². The number of carbonyl (C=O) groups is 2. The van der Waals surface area contributed by atoms with Crippen molar-refractivity contribution in [3.8, 4) is 0 Å². The second-order valence-electron chi connectivity index (χ2n) is 5.38. The number of nitrogens with one attached hydrogen (secondary N) is 1. The molecule has 2 aromatic rings. The molecular weight excluding hydrogens is 318 g/mol. The zero-order valence-corrected chi connectivity index (χ0v) is 12.8. The van der Waals surface area contributed by atoms with Crippen molar-refractivity contribution >= 4 is 23.4 Å². The lowest BCUT2D eigenvalue weighted by molar-refractivity contribution is -0.114. The molecule has 2 amide bonds. The number of benzene rings is 2. The highest BCUT2D eigenvalue weighted by Gasteiger charge is 2.35. The Morgan fingerprint density at radius 2 is 1.88 bits per heavy atom. The molecule has 0 saturated carbocycles. The molecule has 3 rings (SSSR count). The first-order valence-corrected chi connectivity index (χ1v) is 7.25. The van der Waals surface area contributed by atoms with Gasteiger partial charge in [0.25, 0.3) is 0 Å². The van der Waals surface area contributed by atoms with Gasteiger partial charge in [0.1, 0.15) is 17.7 Å². The maximum atomic E-state index is 13.4. The van der Waals surface area contributed by atoms with Crippen LogP contribution in [0.1, 0.15) is 18.6 Å². The molecule has 24 heavy (non-hydrogen) atoms. The van der Waals surface area contributed by atoms with E-state index < -0.39 is 23.8 Å². The number of nitrogens with zero attached hydrogens (tertiary/aromatic N) is 1. The summed E-state index contributed by atoms with van der Waals surface area (Å²) in [5.41, 5.74) is 1.22. The predicted molar refractivity (Wildman–Crippen MR) is 83.7 cm³/mol. The van der Waals surface area contributed by atoms with Crippen LogP contribution < -0.4 is 10.2 Å². The van der Waals surface area contributed by atoms with Crippen LogP contribution in [-0.4, -0.2) is 18.5 Å². The molecule has 1 heterocycles. The molecule has 124 valence electrons. The van der Waals surface area contributed by atoms with E-state index in [1.54, 1.807) is 24.3 Å². The first kappa shape index (κ1) is 15.9. The summed E-state index contributed by atoms with van der Waals surface area (Å²) in [6.07, 6.45) is -1.37. The number of hydrogen-bond acceptors (Lipinski definition) is 3. The molecule has 1 aliphatic heterocycles. The Hall–Kier alpha value is -2.96. The second kappa shape index (κ2) is 6.27. The first-order valence-electron chi connectivity index (χ1n) is 7.25. The Morgan fingerprint density at radius 1 is 1.21 bits per heavy atom. The molecule has 0 aromatic heterocycles. The Kier molecular flexibility index (Phi) is 4.16. The van der Waals surface area contributed by atoms with Gasteiger partial charge >= 0.3 is 6.09 Å². The number of ether oxygens (including phenoxy) is 1. The number of rotatable bonds is 3. The van der Waals surface area contributed by atoms with Gasteiger partial charge < -0.3 is 10.1 Å². The SMILES string of the molecule is CC(=O)Nc1ccccc1[C@H]1CN(c2cc(F)cc(F)c2)C(=O)O1. The third kappa shape index (κ3) is 3.19. The van der Waals surface area contributed by atoms with Crippen LogP contribution in [0.5, 0.6) is 0 Å². The van der Waals surface area contributed by atoms with Gasteiger partial charge in [-0.3, -0.25) is 9.69 Å². The van der Waals surface area contributed by atoms with Gasteiger partial charge in [-0.05, 0) is 18.2 Å². The number of halogens is 2. The Labute approximate surface area is 136 Å². The van der Waals surface area contributed by atoms with Gasteiger partial charge in [-0.2, -0.15) is 0 Å². The maximum absolute atomic E-state index is 13.4. The standard InChI is InChI=1S/C17H14F2N2O3/c1-10(22)20-15-5-3-2-4-14(15)16-9-21(17(23)24-16)13-7-11(18)6-12(19)8-13/h2-8,16H,9H2,1H3,(H,20,22)/t16-/m1/s1. The quantitative estimate of drug-likeness (QED) is 0.934. The highest BCUT2D eigenvalue weighted by Crippen LogP contribution is 2.34. The molecule has 1 aliphatic rings. The highest BCUT2D eigenvalue weighted by atomic mass is 19.1. The monoisotopic (exact) mass is 332 g/mol. The van der Waals surface area contributed by atoms with E-state index in [0.717, 1.165) is 23.1 Å². The van der Waals surface area contributed by atoms with Gasteiger partial charge in [-0.15, -0.1) is 0 Å². The fourth-order valence-corrected chi connectivity index (χ4v) is 2.61. The molecule has 5 nitrogen and oxygen atoms in total. The van der Waals surface area contributed by atoms with E-state index >= 15 is 0 Å². The molecule has 1 atom stereocenters. The third-order valence-electron chi connectivity index (χ3n) is 3.59. The van der Waals surface area contributed by atoms with E-state index in [9.17, 15) is 18.4 Å². The Bertz CT molecular complexity index is 790. The van der Waals surface area contributed by atoms with Gasteiger partial charge in [0, 0.05) is 24.2 Å². The van der Waals surface area contributed by atoms with E-state index in [-0.39, 0.29) is 18.1 Å². The van der Waals surface area contributed by atoms with Crippen LogP contribution in [0.4, 0.5) is 25.0 Å². The van der Waals surface area contributed by atoms with Gasteiger partial charge in [-0.1, -0.05) is 18.2 Å². The summed E-state index contributed by atoms with van der Waals surface area (Å²) in [4.78, 5) is 24.5. The van der Waals surface area contributed by atoms with Crippen LogP contribution in [-0.2, 0) is 9.53 Å². The number of hydrogen-bond donors (Lipinski definition) is 1. The van der Waals surface area contributed by atoms with Crippen LogP contribution in [0.2, 0.25) is 0 Å². The van der Waals surface area contributed by atoms with Gasteiger partial charge in [0.05, 0.1) is 12.2 Å². The smallest absolute Gasteiger partial charge is 0.415 e. The average molecular weight is 332 g/mol. The summed E-state index contributed by atoms with van der Waals surface area (Å²) in [6, 6.07) is 9.76. The number of para-hydroxylation sites is 1. The molecule has 0 bridgehead atoms. The fraction of sp³-hybridized carbons (Fsp3) is 0.176. The molecule has 1 N–H and O–H groups in total. The van der Waals surface area contributed by atoms with E-state index in [4.69, 9.17) is 4.74 Å². The lowest BCUT2D eigenvalue weighted by atomic mass is 10.1. The fourth-order valence-electron chi connectivity index (χ4n) is 2.61. The van der Waals surface area contributed by atoms with Gasteiger partial charge in [0.15, 0.2) is 0 Å². The van der Waals surface area contributed by atoms with Crippen LogP contribution in [0, 0.1) is 11.6 Å². The summed E-state index contributed by atoms with van der Waals surface area (Å²) in [5.74, 6) is -1.81. The summed E-state index contributed by atoms with van der Waals surface area (Å²) in [7, 11) is 0. The summed E-state index contributed by atoms with van der Waals surface area (Å²) >= 11 is 0. The summed E-state index contributed by atoms with van der Waals surface area (Å²) in [6.45, 7) is 1.46. The summed E-state index contributed by atoms with van der Waals surface area (Å²) in [5, 5.41) is 2.67. The minimum absolute atomic E-state index is 0.0806. The van der Waals surface area contributed by atoms with Crippen molar-refractivity contribution in [2.75, 3.05) is 16.8 Å². The van der Waals surface area contributed by atoms with Crippen molar-refractivity contribution in [1.29, 1.82) is 0 Å². The van der Waals surface area contributed by atoms with E-state index in [1.165, 1.54) is 6.92 Å². The summed E-state index contributed by atoms with van der Waals surface area (Å²) < 4.78 is 32.0. The molecule has 0 radical (unpaired) electrons. The molecule has 7 heteroatoms. The number of amides is 2. The number of anilines is 2. The topological polar surface area (TPSA) is 58.6 Å². The van der Waals surface area contributed by atoms with E-state index in [0.29, 0.717) is 11.3 Å². The zero-order chi connectivity index (χ0) is 17.3. The Balaban J connectivity index is 1.89. The van der Waals surface area contributed by atoms with Crippen molar-refractivity contribution in [3.63, 3.8) is 0 Å². The van der Waals surface area contributed by atoms with E-state index in [2.05, 4.69) is 5.32 Å². The third-order valence-corrected chi connectivity index (χ3v) is 3.59.